The van der Waals surface area contributed by atoms with Crippen LogP contribution in [0.25, 0.3) is 0 Å². The number of nitrogens with one attached hydrogen (secondary N) is 1. The Bertz CT molecular complexity index is 582. The molecule has 0 bridgehead atoms. The van der Waals surface area contributed by atoms with Crippen molar-refractivity contribution in [3.63, 3.8) is 0 Å². The molecule has 3 N–H and O–H groups in total. The molecule has 1 aromatic carbocycles. The molecule has 2 aliphatic heterocycles. The number of hydrogen-bond acceptors (Lipinski definition) is 3. The van der Waals surface area contributed by atoms with E-state index in [0.717, 1.165) is 44.5 Å². The Balaban J connectivity index is 1.53. The smallest absolute Gasteiger partial charge is 0.248 e. The Morgan fingerprint density at radius 3 is 3.09 bits per heavy atom. The number of ether oxygens (including phenoxy) is 1. The maximum atomic E-state index is 12.4. The zero-order valence-corrected chi connectivity index (χ0v) is 13.3. The fourth-order valence-corrected chi connectivity index (χ4v) is 3.11. The number of hydrogen-bond donors (Lipinski definition) is 2. The predicted octanol–water partition coefficient (Wildman–Crippen LogP) is 1.05. The molecule has 6 nitrogen and oxygen atoms in total. The fraction of sp³-hybridized carbons (Fsp3) is 0.529. The minimum atomic E-state index is -0.0148. The number of carbonyl (C=O) groups excluding carboxylic acids is 1. The van der Waals surface area contributed by atoms with Crippen LogP contribution in [0, 0.1) is 0 Å². The van der Waals surface area contributed by atoms with Gasteiger partial charge in [-0.3, -0.25) is 4.79 Å². The van der Waals surface area contributed by atoms with Crippen LogP contribution in [0.4, 0.5) is 5.69 Å². The van der Waals surface area contributed by atoms with E-state index < -0.39 is 0 Å². The number of benzene rings is 1. The Morgan fingerprint density at radius 2 is 2.26 bits per heavy atom. The molecule has 2 aliphatic rings. The van der Waals surface area contributed by atoms with Gasteiger partial charge in [-0.25, -0.2) is 4.99 Å². The molecule has 1 fully saturated rings. The minimum absolute atomic E-state index is 0.0148. The molecule has 2 heterocycles. The molecular formula is C17H24N4O2. The zero-order valence-electron chi connectivity index (χ0n) is 13.3. The normalized spacial score (nSPS) is 21.1. The van der Waals surface area contributed by atoms with Crippen molar-refractivity contribution < 1.29 is 9.53 Å². The maximum Gasteiger partial charge on any atom is 0.248 e. The van der Waals surface area contributed by atoms with Gasteiger partial charge in [0.15, 0.2) is 5.96 Å². The lowest BCUT2D eigenvalue weighted by Crippen LogP contribution is -2.40. The van der Waals surface area contributed by atoms with E-state index in [0.29, 0.717) is 12.5 Å². The predicted molar refractivity (Wildman–Crippen MR) is 90.6 cm³/mol. The molecule has 0 aliphatic carbocycles. The van der Waals surface area contributed by atoms with Gasteiger partial charge in [0.05, 0.1) is 6.10 Å². The van der Waals surface area contributed by atoms with Gasteiger partial charge in [0.25, 0.3) is 0 Å². The fourth-order valence-electron chi connectivity index (χ4n) is 3.11. The van der Waals surface area contributed by atoms with E-state index >= 15 is 0 Å². The number of aliphatic imine (C=N–C) groups is 1. The van der Waals surface area contributed by atoms with Gasteiger partial charge in [0, 0.05) is 25.4 Å². The lowest BCUT2D eigenvalue weighted by Gasteiger charge is -2.29. The quantitative estimate of drug-likeness (QED) is 0.643. The van der Waals surface area contributed by atoms with Crippen LogP contribution in [0.5, 0.6) is 0 Å². The summed E-state index contributed by atoms with van der Waals surface area (Å²) >= 11 is 0. The van der Waals surface area contributed by atoms with Gasteiger partial charge >= 0.3 is 0 Å². The topological polar surface area (TPSA) is 80.0 Å². The molecule has 1 aromatic rings. The van der Waals surface area contributed by atoms with Crippen molar-refractivity contribution in [2.24, 2.45) is 10.7 Å². The molecular weight excluding hydrogens is 292 g/mol. The van der Waals surface area contributed by atoms with E-state index in [-0.39, 0.29) is 18.6 Å². The number of amides is 1. The number of fused-ring (bicyclic) bond motifs is 1. The summed E-state index contributed by atoms with van der Waals surface area (Å²) in [5, 5.41) is 3.03. The Hall–Kier alpha value is -2.08. The first-order valence-corrected chi connectivity index (χ1v) is 8.27. The molecule has 1 atom stereocenters. The van der Waals surface area contributed by atoms with Gasteiger partial charge in [-0.15, -0.1) is 0 Å². The van der Waals surface area contributed by atoms with E-state index in [1.54, 1.807) is 0 Å². The second-order valence-electron chi connectivity index (χ2n) is 6.00. The number of guanidine groups is 1. The lowest BCUT2D eigenvalue weighted by molar-refractivity contribution is -0.117. The van der Waals surface area contributed by atoms with Crippen LogP contribution in [0.1, 0.15) is 24.8 Å². The van der Waals surface area contributed by atoms with Crippen LogP contribution in [0.2, 0.25) is 0 Å². The van der Waals surface area contributed by atoms with E-state index in [1.807, 2.05) is 23.1 Å². The summed E-state index contributed by atoms with van der Waals surface area (Å²) in [7, 11) is 0. The first-order chi connectivity index (χ1) is 11.2. The van der Waals surface area contributed by atoms with Crippen LogP contribution >= 0.6 is 0 Å². The van der Waals surface area contributed by atoms with Crippen LogP contribution in [0.15, 0.2) is 29.3 Å². The van der Waals surface area contributed by atoms with Crippen molar-refractivity contribution in [3.05, 3.63) is 29.8 Å². The molecule has 1 unspecified atom stereocenters. The molecule has 6 heteroatoms. The highest BCUT2D eigenvalue weighted by atomic mass is 16.5. The summed E-state index contributed by atoms with van der Waals surface area (Å²) in [5.74, 6) is 0.290. The lowest BCUT2D eigenvalue weighted by atomic mass is 10.0. The van der Waals surface area contributed by atoms with Crippen LogP contribution < -0.4 is 16.0 Å². The standard InChI is InChI=1S/C17H24N4O2/c18-17(19-11-14-7-4-10-23-14)20-12-16(22)21-9-3-6-13-5-1-2-8-15(13)21/h1-2,5,8,14H,3-4,6-7,9-12H2,(H3,18,19,20). The SMILES string of the molecule is NC(=NCC(=O)N1CCCc2ccccc21)NCC1CCCO1. The number of para-hydroxylation sites is 1. The monoisotopic (exact) mass is 316 g/mol. The van der Waals surface area contributed by atoms with Gasteiger partial charge in [0.1, 0.15) is 6.54 Å². The van der Waals surface area contributed by atoms with E-state index in [2.05, 4.69) is 16.4 Å². The van der Waals surface area contributed by atoms with E-state index in [9.17, 15) is 4.79 Å². The van der Waals surface area contributed by atoms with E-state index in [1.165, 1.54) is 5.56 Å². The number of aryl methyl sites for hydroxylation is 1. The van der Waals surface area contributed by atoms with Gasteiger partial charge in [0.2, 0.25) is 5.91 Å². The second kappa shape index (κ2) is 7.46. The zero-order chi connectivity index (χ0) is 16.1. The molecule has 0 spiro atoms. The average Bonchev–Trinajstić information content (AvgIpc) is 3.11. The van der Waals surface area contributed by atoms with Crippen molar-refractivity contribution in [3.8, 4) is 0 Å². The average molecular weight is 316 g/mol. The summed E-state index contributed by atoms with van der Waals surface area (Å²) < 4.78 is 5.51. The molecule has 0 aromatic heterocycles. The number of rotatable bonds is 4. The van der Waals surface area contributed by atoms with Crippen molar-refractivity contribution in [2.45, 2.75) is 31.8 Å². The number of carbonyl (C=O) groups is 1. The molecule has 1 amide bonds. The Kier molecular flexibility index (Phi) is 5.12. The van der Waals surface area contributed by atoms with Gasteiger partial charge in [-0.1, -0.05) is 18.2 Å². The third-order valence-corrected chi connectivity index (χ3v) is 4.33. The highest BCUT2D eigenvalue weighted by Gasteiger charge is 2.21. The Morgan fingerprint density at radius 1 is 1.39 bits per heavy atom. The second-order valence-corrected chi connectivity index (χ2v) is 6.00. The highest BCUT2D eigenvalue weighted by Crippen LogP contribution is 2.26. The summed E-state index contributed by atoms with van der Waals surface area (Å²) in [6.07, 6.45) is 4.35. The highest BCUT2D eigenvalue weighted by molar-refractivity contribution is 5.97. The van der Waals surface area contributed by atoms with Crippen molar-refractivity contribution in [2.75, 3.05) is 31.1 Å². The number of nitrogens with two attached hydrogens (primary N) is 1. The molecule has 23 heavy (non-hydrogen) atoms. The molecule has 124 valence electrons. The van der Waals surface area contributed by atoms with Gasteiger partial charge in [-0.2, -0.15) is 0 Å². The summed E-state index contributed by atoms with van der Waals surface area (Å²) in [5.41, 5.74) is 8.06. The van der Waals surface area contributed by atoms with Crippen LogP contribution in [-0.2, 0) is 16.0 Å². The summed E-state index contributed by atoms with van der Waals surface area (Å²) in [6, 6.07) is 8.05. The maximum absolute atomic E-state index is 12.4. The molecule has 1 saturated heterocycles. The number of anilines is 1. The third-order valence-electron chi connectivity index (χ3n) is 4.33. The van der Waals surface area contributed by atoms with Crippen LogP contribution in [-0.4, -0.2) is 44.2 Å². The Labute approximate surface area is 136 Å². The summed E-state index contributed by atoms with van der Waals surface area (Å²) in [4.78, 5) is 18.4. The first kappa shape index (κ1) is 15.8. The van der Waals surface area contributed by atoms with Crippen molar-refractivity contribution in [1.82, 2.24) is 5.32 Å². The van der Waals surface area contributed by atoms with E-state index in [4.69, 9.17) is 10.5 Å². The van der Waals surface area contributed by atoms with Crippen molar-refractivity contribution >= 4 is 17.6 Å². The molecule has 0 saturated carbocycles. The largest absolute Gasteiger partial charge is 0.376 e. The van der Waals surface area contributed by atoms with Crippen molar-refractivity contribution in [1.29, 1.82) is 0 Å². The number of nitrogens with zero attached hydrogens (tertiary/aromatic N) is 2. The molecule has 0 radical (unpaired) electrons. The first-order valence-electron chi connectivity index (χ1n) is 8.27. The third kappa shape index (κ3) is 4.01. The minimum Gasteiger partial charge on any atom is -0.376 e. The van der Waals surface area contributed by atoms with Gasteiger partial charge in [-0.05, 0) is 37.3 Å². The van der Waals surface area contributed by atoms with Crippen LogP contribution in [0.3, 0.4) is 0 Å². The van der Waals surface area contributed by atoms with Gasteiger partial charge < -0.3 is 20.7 Å². The molecule has 3 rings (SSSR count). The summed E-state index contributed by atoms with van der Waals surface area (Å²) in [6.45, 7) is 2.28.